The number of ketones is 1. The van der Waals surface area contributed by atoms with Gasteiger partial charge in [-0.25, -0.2) is 0 Å². The monoisotopic (exact) mass is 226 g/mol. The van der Waals surface area contributed by atoms with Gasteiger partial charge in [-0.1, -0.05) is 31.2 Å². The van der Waals surface area contributed by atoms with E-state index in [0.717, 1.165) is 6.42 Å². The van der Waals surface area contributed by atoms with Crippen LogP contribution < -0.4 is 5.73 Å². The maximum absolute atomic E-state index is 12.2. The fourth-order valence-corrected chi connectivity index (χ4v) is 1.66. The number of nitrogen functional groups attached to an aromatic ring is 1. The Morgan fingerprint density at radius 2 is 1.94 bits per heavy atom. The first-order chi connectivity index (χ1) is 8.22. The van der Waals surface area contributed by atoms with Gasteiger partial charge in [0.05, 0.1) is 11.9 Å². The number of nitrogens with two attached hydrogens (primary N) is 1. The largest absolute Gasteiger partial charge is 0.397 e. The van der Waals surface area contributed by atoms with Crippen LogP contribution in [-0.4, -0.2) is 10.8 Å². The first kappa shape index (κ1) is 11.3. The lowest BCUT2D eigenvalue weighted by Gasteiger charge is -2.04. The van der Waals surface area contributed by atoms with Gasteiger partial charge in [-0.3, -0.25) is 9.78 Å². The number of anilines is 1. The highest BCUT2D eigenvalue weighted by atomic mass is 16.1. The van der Waals surface area contributed by atoms with Crippen LogP contribution in [0.3, 0.4) is 0 Å². The van der Waals surface area contributed by atoms with Crippen molar-refractivity contribution in [1.82, 2.24) is 4.98 Å². The SMILES string of the molecule is CCc1ccc(C(=O)c2ccncc2N)cc1. The van der Waals surface area contributed by atoms with Crippen LogP contribution in [0.2, 0.25) is 0 Å². The molecule has 17 heavy (non-hydrogen) atoms. The molecule has 0 unspecified atom stereocenters. The Labute approximate surface area is 100 Å². The lowest BCUT2D eigenvalue weighted by Crippen LogP contribution is -2.05. The Morgan fingerprint density at radius 3 is 2.53 bits per heavy atom. The molecule has 0 aliphatic carbocycles. The molecule has 86 valence electrons. The van der Waals surface area contributed by atoms with E-state index in [4.69, 9.17) is 5.73 Å². The van der Waals surface area contributed by atoms with E-state index in [1.54, 1.807) is 12.3 Å². The molecule has 2 rings (SSSR count). The second-order valence-corrected chi connectivity index (χ2v) is 3.84. The zero-order valence-corrected chi connectivity index (χ0v) is 9.68. The fourth-order valence-electron chi connectivity index (χ4n) is 1.66. The van der Waals surface area contributed by atoms with Gasteiger partial charge in [0, 0.05) is 17.3 Å². The number of carbonyl (C=O) groups is 1. The van der Waals surface area contributed by atoms with Gasteiger partial charge in [-0.15, -0.1) is 0 Å². The van der Waals surface area contributed by atoms with Crippen LogP contribution in [-0.2, 0) is 6.42 Å². The van der Waals surface area contributed by atoms with Gasteiger partial charge in [0.2, 0.25) is 0 Å². The zero-order chi connectivity index (χ0) is 12.3. The highest BCUT2D eigenvalue weighted by molar-refractivity contribution is 6.11. The van der Waals surface area contributed by atoms with E-state index in [9.17, 15) is 4.79 Å². The highest BCUT2D eigenvalue weighted by Crippen LogP contribution is 2.15. The minimum atomic E-state index is -0.0625. The summed E-state index contributed by atoms with van der Waals surface area (Å²) >= 11 is 0. The van der Waals surface area contributed by atoms with E-state index in [1.807, 2.05) is 24.3 Å². The molecular weight excluding hydrogens is 212 g/mol. The molecule has 3 heteroatoms. The number of hydrogen-bond acceptors (Lipinski definition) is 3. The van der Waals surface area contributed by atoms with E-state index in [-0.39, 0.29) is 5.78 Å². The van der Waals surface area contributed by atoms with Gasteiger partial charge >= 0.3 is 0 Å². The molecule has 0 radical (unpaired) electrons. The number of aromatic nitrogens is 1. The Hall–Kier alpha value is -2.16. The molecule has 0 saturated heterocycles. The van der Waals surface area contributed by atoms with E-state index in [2.05, 4.69) is 11.9 Å². The first-order valence-electron chi connectivity index (χ1n) is 5.55. The fraction of sp³-hybridized carbons (Fsp3) is 0.143. The molecule has 0 aliphatic rings. The second-order valence-electron chi connectivity index (χ2n) is 3.84. The van der Waals surface area contributed by atoms with E-state index < -0.39 is 0 Å². The van der Waals surface area contributed by atoms with Crippen molar-refractivity contribution < 1.29 is 4.79 Å². The standard InChI is InChI=1S/C14H14N2O/c1-2-10-3-5-11(6-4-10)14(17)12-7-8-16-9-13(12)15/h3-9H,2,15H2,1H3. The van der Waals surface area contributed by atoms with Crippen LogP contribution in [0.5, 0.6) is 0 Å². The maximum Gasteiger partial charge on any atom is 0.195 e. The van der Waals surface area contributed by atoms with Gasteiger partial charge in [-0.05, 0) is 18.1 Å². The van der Waals surface area contributed by atoms with Crippen LogP contribution in [0.15, 0.2) is 42.7 Å². The van der Waals surface area contributed by atoms with E-state index in [0.29, 0.717) is 16.8 Å². The van der Waals surface area contributed by atoms with Crippen molar-refractivity contribution in [1.29, 1.82) is 0 Å². The van der Waals surface area contributed by atoms with Gasteiger partial charge < -0.3 is 5.73 Å². The van der Waals surface area contributed by atoms with Crippen LogP contribution >= 0.6 is 0 Å². The van der Waals surface area contributed by atoms with Gasteiger partial charge in [0.25, 0.3) is 0 Å². The smallest absolute Gasteiger partial charge is 0.195 e. The lowest BCUT2D eigenvalue weighted by atomic mass is 10.0. The van der Waals surface area contributed by atoms with E-state index >= 15 is 0 Å². The molecule has 1 aromatic carbocycles. The summed E-state index contributed by atoms with van der Waals surface area (Å²) in [6, 6.07) is 9.24. The number of rotatable bonds is 3. The van der Waals surface area contributed by atoms with Crippen molar-refractivity contribution in [2.24, 2.45) is 0 Å². The summed E-state index contributed by atoms with van der Waals surface area (Å²) in [6.45, 7) is 2.08. The van der Waals surface area contributed by atoms with Crippen molar-refractivity contribution in [3.63, 3.8) is 0 Å². The minimum absolute atomic E-state index is 0.0625. The summed E-state index contributed by atoms with van der Waals surface area (Å²) < 4.78 is 0. The molecular formula is C14H14N2O. The Bertz CT molecular complexity index is 532. The van der Waals surface area contributed by atoms with Crippen molar-refractivity contribution in [3.05, 3.63) is 59.4 Å². The lowest BCUT2D eigenvalue weighted by molar-refractivity contribution is 0.103. The number of hydrogen-bond donors (Lipinski definition) is 1. The molecule has 1 heterocycles. The second kappa shape index (κ2) is 4.78. The van der Waals surface area contributed by atoms with Crippen molar-refractivity contribution >= 4 is 11.5 Å². The topological polar surface area (TPSA) is 56.0 Å². The molecule has 0 amide bonds. The average molecular weight is 226 g/mol. The Kier molecular flexibility index (Phi) is 3.19. The normalized spacial score (nSPS) is 10.2. The summed E-state index contributed by atoms with van der Waals surface area (Å²) in [7, 11) is 0. The molecule has 2 N–H and O–H groups in total. The van der Waals surface area contributed by atoms with E-state index in [1.165, 1.54) is 11.8 Å². The molecule has 0 spiro atoms. The van der Waals surface area contributed by atoms with Crippen molar-refractivity contribution in [2.75, 3.05) is 5.73 Å². The summed E-state index contributed by atoms with van der Waals surface area (Å²) in [5.74, 6) is -0.0625. The summed E-state index contributed by atoms with van der Waals surface area (Å²) in [5, 5.41) is 0. The predicted molar refractivity (Wildman–Crippen MR) is 67.9 cm³/mol. The first-order valence-corrected chi connectivity index (χ1v) is 5.55. The molecule has 0 aliphatic heterocycles. The van der Waals surface area contributed by atoms with Gasteiger partial charge in [0.15, 0.2) is 5.78 Å². The van der Waals surface area contributed by atoms with Crippen LogP contribution in [0.25, 0.3) is 0 Å². The maximum atomic E-state index is 12.2. The third kappa shape index (κ3) is 2.33. The van der Waals surface area contributed by atoms with Crippen molar-refractivity contribution in [3.8, 4) is 0 Å². The predicted octanol–water partition coefficient (Wildman–Crippen LogP) is 2.46. The zero-order valence-electron chi connectivity index (χ0n) is 9.68. The molecule has 0 bridgehead atoms. The Morgan fingerprint density at radius 1 is 1.24 bits per heavy atom. The third-order valence-corrected chi connectivity index (χ3v) is 2.72. The van der Waals surface area contributed by atoms with Crippen molar-refractivity contribution in [2.45, 2.75) is 13.3 Å². The van der Waals surface area contributed by atoms with Crippen LogP contribution in [0.1, 0.15) is 28.4 Å². The molecule has 0 fully saturated rings. The molecule has 0 saturated carbocycles. The highest BCUT2D eigenvalue weighted by Gasteiger charge is 2.11. The molecule has 3 nitrogen and oxygen atoms in total. The number of carbonyl (C=O) groups excluding carboxylic acids is 1. The number of nitrogens with zero attached hydrogens (tertiary/aromatic N) is 1. The number of aryl methyl sites for hydroxylation is 1. The minimum Gasteiger partial charge on any atom is -0.397 e. The number of benzene rings is 1. The molecule has 1 aromatic heterocycles. The molecule has 0 atom stereocenters. The molecule has 2 aromatic rings. The van der Waals surface area contributed by atoms with Crippen LogP contribution in [0.4, 0.5) is 5.69 Å². The summed E-state index contributed by atoms with van der Waals surface area (Å²) in [4.78, 5) is 16.0. The third-order valence-electron chi connectivity index (χ3n) is 2.72. The summed E-state index contributed by atoms with van der Waals surface area (Å²) in [5.41, 5.74) is 8.51. The average Bonchev–Trinajstić information content (AvgIpc) is 2.39. The quantitative estimate of drug-likeness (QED) is 0.818. The number of pyridine rings is 1. The summed E-state index contributed by atoms with van der Waals surface area (Å²) in [6.07, 6.45) is 4.03. The van der Waals surface area contributed by atoms with Crippen LogP contribution in [0, 0.1) is 0 Å². The van der Waals surface area contributed by atoms with Gasteiger partial charge in [-0.2, -0.15) is 0 Å². The Balaban J connectivity index is 2.34. The van der Waals surface area contributed by atoms with Gasteiger partial charge in [0.1, 0.15) is 0 Å².